The summed E-state index contributed by atoms with van der Waals surface area (Å²) in [5.74, 6) is -1.95. The summed E-state index contributed by atoms with van der Waals surface area (Å²) in [7, 11) is 0. The van der Waals surface area contributed by atoms with Gasteiger partial charge in [0, 0.05) is 6.42 Å². The maximum Gasteiger partial charge on any atom is 0.217 e. The van der Waals surface area contributed by atoms with E-state index in [9.17, 15) is 15.8 Å². The zero-order chi connectivity index (χ0) is 20.2. The molecule has 0 radical (unpaired) electrons. The molecule has 0 aromatic heterocycles. The lowest BCUT2D eigenvalue weighted by Crippen LogP contribution is -2.65. The molecule has 5 atom stereocenters. The van der Waals surface area contributed by atoms with Gasteiger partial charge >= 0.3 is 0 Å². The Labute approximate surface area is 164 Å². The normalized spacial score (nSPS) is 37.9. The van der Waals surface area contributed by atoms with Gasteiger partial charge in [0.15, 0.2) is 10.8 Å². The predicted molar refractivity (Wildman–Crippen MR) is 99.5 cm³/mol. The average molecular weight is 374 g/mol. The molecule has 2 heterocycles. The lowest BCUT2D eigenvalue weighted by molar-refractivity contribution is -0.301. The van der Waals surface area contributed by atoms with E-state index in [1.165, 1.54) is 0 Å². The van der Waals surface area contributed by atoms with E-state index in [2.05, 4.69) is 30.3 Å². The van der Waals surface area contributed by atoms with Gasteiger partial charge < -0.3 is 9.47 Å². The van der Waals surface area contributed by atoms with Crippen LogP contribution < -0.4 is 0 Å². The average Bonchev–Trinajstić information content (AvgIpc) is 2.92. The molecule has 1 aromatic carbocycles. The van der Waals surface area contributed by atoms with Crippen LogP contribution in [-0.2, 0) is 9.47 Å². The minimum Gasteiger partial charge on any atom is -0.447 e. The van der Waals surface area contributed by atoms with E-state index < -0.39 is 28.6 Å². The maximum absolute atomic E-state index is 10.3. The first-order valence-electron chi connectivity index (χ1n) is 9.65. The summed E-state index contributed by atoms with van der Waals surface area (Å²) in [5.41, 5.74) is -2.25. The van der Waals surface area contributed by atoms with Crippen LogP contribution in [0.2, 0.25) is 0 Å². The molecule has 2 bridgehead atoms. The third-order valence-corrected chi connectivity index (χ3v) is 6.83. The SMILES string of the molecule is CC(C)C1OC23CCC(c4ccccc4)CC2C(C#N)(C(=N)O3)C1(C#N)C#N. The van der Waals surface area contributed by atoms with Crippen LogP contribution in [0.3, 0.4) is 0 Å². The molecule has 1 aliphatic carbocycles. The molecule has 28 heavy (non-hydrogen) atoms. The van der Waals surface area contributed by atoms with Crippen LogP contribution in [-0.4, -0.2) is 17.8 Å². The molecule has 2 saturated heterocycles. The smallest absolute Gasteiger partial charge is 0.217 e. The van der Waals surface area contributed by atoms with Gasteiger partial charge in [-0.25, -0.2) is 0 Å². The van der Waals surface area contributed by atoms with E-state index >= 15 is 0 Å². The third kappa shape index (κ3) is 2.00. The summed E-state index contributed by atoms with van der Waals surface area (Å²) in [6.45, 7) is 3.74. The van der Waals surface area contributed by atoms with Gasteiger partial charge in [-0.3, -0.25) is 5.41 Å². The number of ether oxygens (including phenoxy) is 2. The number of hydrogen-bond donors (Lipinski definition) is 1. The molecule has 1 N–H and O–H groups in total. The van der Waals surface area contributed by atoms with Crippen molar-refractivity contribution < 1.29 is 9.47 Å². The molecule has 1 saturated carbocycles. The minimum atomic E-state index is -1.78. The Kier molecular flexibility index (Phi) is 4.00. The second-order valence-corrected chi connectivity index (χ2v) is 8.41. The lowest BCUT2D eigenvalue weighted by Gasteiger charge is -2.53. The highest BCUT2D eigenvalue weighted by molar-refractivity contribution is 5.89. The van der Waals surface area contributed by atoms with Gasteiger partial charge in [0.25, 0.3) is 0 Å². The first kappa shape index (κ1) is 18.5. The second kappa shape index (κ2) is 6.06. The third-order valence-electron chi connectivity index (χ3n) is 6.83. The molecule has 6 heteroatoms. The standard InChI is InChI=1S/C22H22N4O2/c1-14(2)18-20(11-23,12-24)21(13-25)17-10-16(15-6-4-3-5-7-15)8-9-22(17,27-18)28-19(21)26/h3-7,14,16-18,26H,8-10H2,1-2H3. The fourth-order valence-electron chi connectivity index (χ4n) is 5.53. The van der Waals surface area contributed by atoms with Crippen molar-refractivity contribution in [2.45, 2.75) is 50.9 Å². The van der Waals surface area contributed by atoms with Crippen LogP contribution in [0.15, 0.2) is 30.3 Å². The van der Waals surface area contributed by atoms with Crippen LogP contribution in [0.1, 0.15) is 44.6 Å². The Bertz CT molecular complexity index is 924. The Hall–Kier alpha value is -2.88. The van der Waals surface area contributed by atoms with E-state index in [-0.39, 0.29) is 17.7 Å². The van der Waals surface area contributed by atoms with Gasteiger partial charge in [0.1, 0.15) is 0 Å². The summed E-state index contributed by atoms with van der Waals surface area (Å²) in [4.78, 5) is 0. The largest absolute Gasteiger partial charge is 0.447 e. The highest BCUT2D eigenvalue weighted by Crippen LogP contribution is 2.68. The van der Waals surface area contributed by atoms with Crippen molar-refractivity contribution in [2.75, 3.05) is 0 Å². The summed E-state index contributed by atoms with van der Waals surface area (Å²) in [6, 6.07) is 16.5. The zero-order valence-corrected chi connectivity index (χ0v) is 16.0. The van der Waals surface area contributed by atoms with Crippen LogP contribution in [0.5, 0.6) is 0 Å². The summed E-state index contributed by atoms with van der Waals surface area (Å²) in [6.07, 6.45) is 1.07. The van der Waals surface area contributed by atoms with Crippen molar-refractivity contribution in [1.82, 2.24) is 0 Å². The predicted octanol–water partition coefficient (Wildman–Crippen LogP) is 3.87. The van der Waals surface area contributed by atoms with Gasteiger partial charge in [-0.15, -0.1) is 0 Å². The quantitative estimate of drug-likeness (QED) is 0.844. The molecule has 0 spiro atoms. The zero-order valence-electron chi connectivity index (χ0n) is 16.0. The van der Waals surface area contributed by atoms with Gasteiger partial charge in [0.05, 0.1) is 30.2 Å². The Balaban J connectivity index is 1.88. The molecule has 2 aliphatic heterocycles. The van der Waals surface area contributed by atoms with Crippen LogP contribution in [0, 0.1) is 62.1 Å². The van der Waals surface area contributed by atoms with Gasteiger partial charge in [-0.05, 0) is 30.2 Å². The summed E-state index contributed by atoms with van der Waals surface area (Å²) < 4.78 is 12.3. The van der Waals surface area contributed by atoms with Crippen molar-refractivity contribution >= 4 is 5.90 Å². The summed E-state index contributed by atoms with van der Waals surface area (Å²) >= 11 is 0. The monoisotopic (exact) mass is 374 g/mol. The maximum atomic E-state index is 10.3. The molecule has 0 amide bonds. The molecule has 3 aliphatic rings. The van der Waals surface area contributed by atoms with Crippen molar-refractivity contribution in [2.24, 2.45) is 22.7 Å². The number of nitriles is 3. The molecular formula is C22H22N4O2. The van der Waals surface area contributed by atoms with Crippen LogP contribution >= 0.6 is 0 Å². The number of rotatable bonds is 2. The molecule has 3 fully saturated rings. The topological polar surface area (TPSA) is 114 Å². The second-order valence-electron chi connectivity index (χ2n) is 8.41. The minimum absolute atomic E-state index is 0.163. The number of hydrogen-bond acceptors (Lipinski definition) is 6. The fraction of sp³-hybridized carbons (Fsp3) is 0.545. The Morgan fingerprint density at radius 1 is 1.11 bits per heavy atom. The molecule has 142 valence electrons. The Morgan fingerprint density at radius 3 is 2.36 bits per heavy atom. The van der Waals surface area contributed by atoms with E-state index in [1.54, 1.807) is 0 Å². The first-order chi connectivity index (χ1) is 13.4. The molecule has 5 unspecified atom stereocenters. The van der Waals surface area contributed by atoms with Crippen LogP contribution in [0.4, 0.5) is 0 Å². The van der Waals surface area contributed by atoms with Gasteiger partial charge in [-0.2, -0.15) is 15.8 Å². The van der Waals surface area contributed by atoms with Crippen molar-refractivity contribution in [3.63, 3.8) is 0 Å². The Morgan fingerprint density at radius 2 is 1.79 bits per heavy atom. The first-order valence-corrected chi connectivity index (χ1v) is 9.65. The highest BCUT2D eigenvalue weighted by atomic mass is 16.7. The van der Waals surface area contributed by atoms with Crippen LogP contribution in [0.25, 0.3) is 0 Å². The molecule has 6 nitrogen and oxygen atoms in total. The van der Waals surface area contributed by atoms with E-state index in [1.807, 2.05) is 32.0 Å². The number of benzene rings is 1. The molecule has 1 aromatic rings. The van der Waals surface area contributed by atoms with Crippen molar-refractivity contribution in [3.8, 4) is 18.2 Å². The van der Waals surface area contributed by atoms with Gasteiger partial charge in [-0.1, -0.05) is 44.2 Å². The van der Waals surface area contributed by atoms with Crippen molar-refractivity contribution in [3.05, 3.63) is 35.9 Å². The molecule has 4 rings (SSSR count). The molecular weight excluding hydrogens is 352 g/mol. The lowest BCUT2D eigenvalue weighted by atomic mass is 9.50. The number of nitrogens with one attached hydrogen (secondary N) is 1. The number of nitrogens with zero attached hydrogens (tertiary/aromatic N) is 3. The van der Waals surface area contributed by atoms with E-state index in [0.29, 0.717) is 12.8 Å². The van der Waals surface area contributed by atoms with E-state index in [0.717, 1.165) is 12.0 Å². The summed E-state index contributed by atoms with van der Waals surface area (Å²) in [5, 5.41) is 39.1. The van der Waals surface area contributed by atoms with E-state index in [4.69, 9.17) is 14.9 Å². The van der Waals surface area contributed by atoms with Crippen molar-refractivity contribution in [1.29, 1.82) is 21.2 Å². The highest BCUT2D eigenvalue weighted by Gasteiger charge is 2.80. The fourth-order valence-corrected chi connectivity index (χ4v) is 5.53. The van der Waals surface area contributed by atoms with Gasteiger partial charge in [0.2, 0.25) is 11.7 Å².